The van der Waals surface area contributed by atoms with Crippen molar-refractivity contribution in [3.63, 3.8) is 0 Å². The second kappa shape index (κ2) is 9.82. The van der Waals surface area contributed by atoms with Crippen molar-refractivity contribution in [3.8, 4) is 22.0 Å². The number of aromatic nitrogens is 2. The van der Waals surface area contributed by atoms with E-state index in [0.717, 1.165) is 21.7 Å². The molecule has 0 saturated heterocycles. The second-order valence-electron chi connectivity index (χ2n) is 6.92. The highest BCUT2D eigenvalue weighted by Gasteiger charge is 2.20. The molecule has 0 unspecified atom stereocenters. The molecule has 0 aliphatic heterocycles. The zero-order valence-corrected chi connectivity index (χ0v) is 18.2. The summed E-state index contributed by atoms with van der Waals surface area (Å²) >= 11 is 1.55. The third kappa shape index (κ3) is 4.66. The lowest BCUT2D eigenvalue weighted by Crippen LogP contribution is -2.36. The first-order valence-electron chi connectivity index (χ1n) is 9.89. The lowest BCUT2D eigenvalue weighted by atomic mass is 10.1. The van der Waals surface area contributed by atoms with E-state index in [4.69, 9.17) is 19.0 Å². The molecule has 0 fully saturated rings. The molecule has 4 aromatic rings. The molecule has 8 heteroatoms. The van der Waals surface area contributed by atoms with Gasteiger partial charge in [0.05, 0.1) is 18.6 Å². The van der Waals surface area contributed by atoms with Gasteiger partial charge in [-0.3, -0.25) is 4.79 Å². The Morgan fingerprint density at radius 1 is 1.06 bits per heavy atom. The summed E-state index contributed by atoms with van der Waals surface area (Å²) in [5.41, 5.74) is 3.57. The van der Waals surface area contributed by atoms with Crippen LogP contribution in [0, 0.1) is 0 Å². The topological polar surface area (TPSA) is 77.7 Å². The first-order chi connectivity index (χ1) is 15.2. The van der Waals surface area contributed by atoms with Crippen LogP contribution < -0.4 is 0 Å². The number of hydrogen-bond acceptors (Lipinski definition) is 7. The molecule has 0 spiro atoms. The molecule has 0 bridgehead atoms. The molecule has 2 aromatic heterocycles. The number of carbonyl (C=O) groups is 1. The summed E-state index contributed by atoms with van der Waals surface area (Å²) in [6.07, 6.45) is 0. The van der Waals surface area contributed by atoms with E-state index in [9.17, 15) is 4.79 Å². The summed E-state index contributed by atoms with van der Waals surface area (Å²) in [5, 5.41) is 7.84. The Kier molecular flexibility index (Phi) is 6.71. The van der Waals surface area contributed by atoms with Crippen LogP contribution in [-0.4, -0.2) is 61.5 Å². The molecule has 4 rings (SSSR count). The van der Waals surface area contributed by atoms with Gasteiger partial charge >= 0.3 is 0 Å². The van der Waals surface area contributed by atoms with Gasteiger partial charge in [-0.05, 0) is 18.2 Å². The number of thiazole rings is 1. The fraction of sp³-hybridized carbons (Fsp3) is 0.261. The summed E-state index contributed by atoms with van der Waals surface area (Å²) in [6.45, 7) is 1.88. The third-order valence-corrected chi connectivity index (χ3v) is 5.79. The fourth-order valence-corrected chi connectivity index (χ4v) is 4.06. The van der Waals surface area contributed by atoms with Crippen molar-refractivity contribution in [2.45, 2.75) is 0 Å². The van der Waals surface area contributed by atoms with E-state index in [1.807, 2.05) is 41.8 Å². The van der Waals surface area contributed by atoms with Crippen LogP contribution in [0.1, 0.15) is 10.4 Å². The zero-order valence-electron chi connectivity index (χ0n) is 17.4. The first-order valence-corrected chi connectivity index (χ1v) is 10.8. The van der Waals surface area contributed by atoms with Gasteiger partial charge in [0, 0.05) is 43.8 Å². The van der Waals surface area contributed by atoms with Gasteiger partial charge in [-0.25, -0.2) is 4.98 Å². The maximum absolute atomic E-state index is 13.1. The summed E-state index contributed by atoms with van der Waals surface area (Å²) in [5.74, 6) is -0.0913. The zero-order chi connectivity index (χ0) is 21.6. The van der Waals surface area contributed by atoms with E-state index < -0.39 is 0 Å². The molecule has 2 heterocycles. The van der Waals surface area contributed by atoms with E-state index in [0.29, 0.717) is 43.1 Å². The fourth-order valence-electron chi connectivity index (χ4n) is 3.25. The third-order valence-electron chi connectivity index (χ3n) is 4.90. The van der Waals surface area contributed by atoms with E-state index >= 15 is 0 Å². The minimum atomic E-state index is -0.0913. The number of nitrogens with zero attached hydrogens (tertiary/aromatic N) is 3. The van der Waals surface area contributed by atoms with Crippen LogP contribution in [0.4, 0.5) is 0 Å². The van der Waals surface area contributed by atoms with Crippen molar-refractivity contribution in [2.24, 2.45) is 0 Å². The number of methoxy groups -OCH3 is 2. The van der Waals surface area contributed by atoms with Crippen molar-refractivity contribution in [3.05, 3.63) is 59.5 Å². The number of fused-ring (bicyclic) bond motifs is 1. The Balaban J connectivity index is 1.65. The van der Waals surface area contributed by atoms with Gasteiger partial charge in [0.25, 0.3) is 5.91 Å². The molecule has 0 aliphatic carbocycles. The van der Waals surface area contributed by atoms with E-state index in [-0.39, 0.29) is 5.91 Å². The van der Waals surface area contributed by atoms with Crippen LogP contribution in [0.3, 0.4) is 0 Å². The number of amides is 1. The van der Waals surface area contributed by atoms with Gasteiger partial charge in [0.2, 0.25) is 0 Å². The van der Waals surface area contributed by atoms with E-state index in [1.54, 1.807) is 42.6 Å². The van der Waals surface area contributed by atoms with Crippen LogP contribution in [0.25, 0.3) is 32.9 Å². The Labute approximate surface area is 184 Å². The van der Waals surface area contributed by atoms with Gasteiger partial charge in [-0.1, -0.05) is 35.5 Å². The molecule has 7 nitrogen and oxygen atoms in total. The molecule has 0 saturated carbocycles. The molecule has 0 aliphatic rings. The molecule has 0 atom stereocenters. The Bertz CT molecular complexity index is 1150. The molecule has 160 valence electrons. The molecule has 1 amide bonds. The highest BCUT2D eigenvalue weighted by molar-refractivity contribution is 7.13. The number of carbonyl (C=O) groups excluding carboxylic acids is 1. The van der Waals surface area contributed by atoms with Crippen molar-refractivity contribution in [1.82, 2.24) is 15.0 Å². The Morgan fingerprint density at radius 2 is 1.81 bits per heavy atom. The smallest absolute Gasteiger partial charge is 0.254 e. The molecular formula is C23H23N3O4S. The maximum Gasteiger partial charge on any atom is 0.254 e. The molecule has 0 radical (unpaired) electrons. The van der Waals surface area contributed by atoms with Crippen LogP contribution >= 0.6 is 11.3 Å². The molecule has 31 heavy (non-hydrogen) atoms. The number of ether oxygens (including phenoxy) is 2. The number of rotatable bonds is 9. The summed E-state index contributed by atoms with van der Waals surface area (Å²) in [4.78, 5) is 19.6. The van der Waals surface area contributed by atoms with Crippen LogP contribution in [0.15, 0.2) is 58.4 Å². The van der Waals surface area contributed by atoms with Crippen LogP contribution in [0.2, 0.25) is 0 Å². The highest BCUT2D eigenvalue weighted by Crippen LogP contribution is 2.33. The normalized spacial score (nSPS) is 11.2. The van der Waals surface area contributed by atoms with E-state index in [1.165, 1.54) is 0 Å². The minimum absolute atomic E-state index is 0.0913. The molecule has 0 N–H and O–H groups in total. The van der Waals surface area contributed by atoms with Gasteiger partial charge in [0.1, 0.15) is 16.4 Å². The Hall–Kier alpha value is -3.07. The van der Waals surface area contributed by atoms with Crippen LogP contribution in [0.5, 0.6) is 0 Å². The van der Waals surface area contributed by atoms with Crippen molar-refractivity contribution in [2.75, 3.05) is 40.5 Å². The van der Waals surface area contributed by atoms with Gasteiger partial charge in [-0.15, -0.1) is 11.3 Å². The Morgan fingerprint density at radius 3 is 2.52 bits per heavy atom. The maximum atomic E-state index is 13.1. The predicted molar refractivity (Wildman–Crippen MR) is 120 cm³/mol. The van der Waals surface area contributed by atoms with Gasteiger partial charge in [-0.2, -0.15) is 0 Å². The molecular weight excluding hydrogens is 414 g/mol. The van der Waals surface area contributed by atoms with Gasteiger partial charge in [0.15, 0.2) is 5.58 Å². The average molecular weight is 438 g/mol. The van der Waals surface area contributed by atoms with Gasteiger partial charge < -0.3 is 18.9 Å². The lowest BCUT2D eigenvalue weighted by molar-refractivity contribution is 0.0627. The predicted octanol–water partition coefficient (Wildman–Crippen LogP) is 4.35. The summed E-state index contributed by atoms with van der Waals surface area (Å²) in [6, 6.07) is 15.3. The second-order valence-corrected chi connectivity index (χ2v) is 7.78. The summed E-state index contributed by atoms with van der Waals surface area (Å²) in [7, 11) is 3.23. The number of hydrogen-bond donors (Lipinski definition) is 0. The van der Waals surface area contributed by atoms with E-state index in [2.05, 4.69) is 5.16 Å². The highest BCUT2D eigenvalue weighted by atomic mass is 32.1. The summed E-state index contributed by atoms with van der Waals surface area (Å²) < 4.78 is 15.8. The minimum Gasteiger partial charge on any atom is -0.383 e. The first kappa shape index (κ1) is 21.2. The van der Waals surface area contributed by atoms with Crippen molar-refractivity contribution < 1.29 is 18.8 Å². The standard InChI is InChI=1S/C23H23N3O4S/c1-28-12-10-26(11-13-29-2)23(27)17-8-9-20-18(14-17)21(25-30-20)19-15-31-22(24-19)16-6-4-3-5-7-16/h3-9,14-15H,10-13H2,1-2H3. The number of benzene rings is 2. The molecule has 2 aromatic carbocycles. The van der Waals surface area contributed by atoms with Crippen molar-refractivity contribution >= 4 is 28.2 Å². The largest absolute Gasteiger partial charge is 0.383 e. The lowest BCUT2D eigenvalue weighted by Gasteiger charge is -2.22. The van der Waals surface area contributed by atoms with Crippen LogP contribution in [-0.2, 0) is 9.47 Å². The quantitative estimate of drug-likeness (QED) is 0.387. The monoisotopic (exact) mass is 437 g/mol. The average Bonchev–Trinajstić information content (AvgIpc) is 3.46. The van der Waals surface area contributed by atoms with Crippen molar-refractivity contribution in [1.29, 1.82) is 0 Å². The SMILES string of the molecule is COCCN(CCOC)C(=O)c1ccc2onc(-c3csc(-c4ccccc4)n3)c2c1.